The van der Waals surface area contributed by atoms with Gasteiger partial charge in [-0.15, -0.1) is 0 Å². The summed E-state index contributed by atoms with van der Waals surface area (Å²) in [6, 6.07) is 0.313. The van der Waals surface area contributed by atoms with Crippen LogP contribution >= 0.6 is 0 Å². The van der Waals surface area contributed by atoms with Crippen molar-refractivity contribution in [1.29, 1.82) is 0 Å². The van der Waals surface area contributed by atoms with E-state index in [0.29, 0.717) is 0 Å². The minimum absolute atomic E-state index is 0.144. The van der Waals surface area contributed by atoms with Crippen LogP contribution in [-0.2, 0) is 0 Å². The zero-order valence-corrected chi connectivity index (χ0v) is 9.20. The molecule has 14 heavy (non-hydrogen) atoms. The van der Waals surface area contributed by atoms with E-state index in [2.05, 4.69) is 0 Å². The third kappa shape index (κ3) is 2.61. The van der Waals surface area contributed by atoms with Crippen LogP contribution in [0, 0.1) is 0 Å². The highest BCUT2D eigenvalue weighted by atomic mass is 16.2. The van der Waals surface area contributed by atoms with Gasteiger partial charge in [0.25, 0.3) is 0 Å². The van der Waals surface area contributed by atoms with Crippen LogP contribution in [0.2, 0.25) is 0 Å². The van der Waals surface area contributed by atoms with Crippen molar-refractivity contribution in [2.24, 2.45) is 5.73 Å². The zero-order valence-electron chi connectivity index (χ0n) is 9.20. The van der Waals surface area contributed by atoms with Crippen LogP contribution in [-0.4, -0.2) is 48.1 Å². The second kappa shape index (κ2) is 5.20. The Morgan fingerprint density at radius 2 is 2.14 bits per heavy atom. The largest absolute Gasteiger partial charge is 0.326 e. The molecule has 0 spiro atoms. The lowest BCUT2D eigenvalue weighted by Gasteiger charge is -2.34. The van der Waals surface area contributed by atoms with E-state index in [-0.39, 0.29) is 12.1 Å². The first kappa shape index (κ1) is 11.3. The van der Waals surface area contributed by atoms with Crippen molar-refractivity contribution in [2.75, 3.05) is 26.2 Å². The van der Waals surface area contributed by atoms with Crippen LogP contribution < -0.4 is 5.73 Å². The van der Waals surface area contributed by atoms with Crippen molar-refractivity contribution >= 4 is 6.03 Å². The number of rotatable bonds is 2. The summed E-state index contributed by atoms with van der Waals surface area (Å²) in [5.41, 5.74) is 5.83. The summed E-state index contributed by atoms with van der Waals surface area (Å²) in [6.07, 6.45) is 2.08. The summed E-state index contributed by atoms with van der Waals surface area (Å²) >= 11 is 0. The molecule has 1 rings (SSSR count). The van der Waals surface area contributed by atoms with Crippen molar-refractivity contribution in [3.05, 3.63) is 0 Å². The smallest absolute Gasteiger partial charge is 0.320 e. The van der Waals surface area contributed by atoms with Gasteiger partial charge in [0.05, 0.1) is 0 Å². The number of piperidine rings is 1. The Balaban J connectivity index is 2.50. The topological polar surface area (TPSA) is 49.6 Å². The van der Waals surface area contributed by atoms with Crippen LogP contribution in [0.25, 0.3) is 0 Å². The van der Waals surface area contributed by atoms with Crippen molar-refractivity contribution in [3.8, 4) is 0 Å². The van der Waals surface area contributed by atoms with E-state index in [4.69, 9.17) is 5.73 Å². The quantitative estimate of drug-likeness (QED) is 0.717. The number of nitrogens with two attached hydrogens (primary N) is 1. The highest BCUT2D eigenvalue weighted by Gasteiger charge is 2.23. The Kier molecular flexibility index (Phi) is 4.20. The molecule has 4 heteroatoms. The molecule has 0 aromatic heterocycles. The second-order valence-electron chi connectivity index (χ2n) is 3.80. The molecule has 1 atom stereocenters. The normalized spacial score (nSPS) is 22.2. The minimum atomic E-state index is 0.144. The molecule has 1 saturated heterocycles. The molecule has 0 saturated carbocycles. The highest BCUT2D eigenvalue weighted by molar-refractivity contribution is 5.74. The lowest BCUT2D eigenvalue weighted by Crippen LogP contribution is -2.50. The van der Waals surface area contributed by atoms with Crippen molar-refractivity contribution in [1.82, 2.24) is 9.80 Å². The molecule has 2 N–H and O–H groups in total. The molecule has 0 radical (unpaired) electrons. The maximum atomic E-state index is 11.9. The molecule has 1 aliphatic heterocycles. The lowest BCUT2D eigenvalue weighted by atomic mass is 10.1. The average molecular weight is 199 g/mol. The van der Waals surface area contributed by atoms with Gasteiger partial charge in [-0.1, -0.05) is 0 Å². The maximum absolute atomic E-state index is 11.9. The third-order valence-corrected chi connectivity index (χ3v) is 2.76. The molecule has 82 valence electrons. The Hall–Kier alpha value is -0.770. The van der Waals surface area contributed by atoms with Gasteiger partial charge < -0.3 is 15.5 Å². The minimum Gasteiger partial charge on any atom is -0.326 e. The standard InChI is InChI=1S/C10H21N3O/c1-3-12(4-2)10(14)13-7-5-6-9(11)8-13/h9H,3-8,11H2,1-2H3/t9-/m1/s1. The first-order chi connectivity index (χ1) is 6.69. The molecule has 4 nitrogen and oxygen atoms in total. The maximum Gasteiger partial charge on any atom is 0.320 e. The highest BCUT2D eigenvalue weighted by Crippen LogP contribution is 2.10. The fourth-order valence-electron chi connectivity index (χ4n) is 1.88. The first-order valence-electron chi connectivity index (χ1n) is 5.48. The van der Waals surface area contributed by atoms with Crippen LogP contribution in [0.1, 0.15) is 26.7 Å². The van der Waals surface area contributed by atoms with E-state index >= 15 is 0 Å². The van der Waals surface area contributed by atoms with Crippen molar-refractivity contribution in [3.63, 3.8) is 0 Å². The molecular weight excluding hydrogens is 178 g/mol. The average Bonchev–Trinajstić information content (AvgIpc) is 2.19. The molecule has 0 bridgehead atoms. The first-order valence-corrected chi connectivity index (χ1v) is 5.48. The number of urea groups is 1. The van der Waals surface area contributed by atoms with Gasteiger partial charge in [0, 0.05) is 32.2 Å². The fraction of sp³-hybridized carbons (Fsp3) is 0.900. The summed E-state index contributed by atoms with van der Waals surface area (Å²) in [6.45, 7) is 7.15. The third-order valence-electron chi connectivity index (χ3n) is 2.76. The molecular formula is C10H21N3O. The second-order valence-corrected chi connectivity index (χ2v) is 3.80. The van der Waals surface area contributed by atoms with Gasteiger partial charge in [-0.2, -0.15) is 0 Å². The van der Waals surface area contributed by atoms with E-state index in [9.17, 15) is 4.79 Å². The molecule has 0 aliphatic carbocycles. The summed E-state index contributed by atoms with van der Waals surface area (Å²) in [4.78, 5) is 15.6. The van der Waals surface area contributed by atoms with E-state index in [1.54, 1.807) is 0 Å². The predicted octanol–water partition coefficient (Wildman–Crippen LogP) is 0.871. The van der Waals surface area contributed by atoms with Gasteiger partial charge in [0.2, 0.25) is 0 Å². The van der Waals surface area contributed by atoms with Crippen LogP contribution in [0.3, 0.4) is 0 Å². The van der Waals surface area contributed by atoms with E-state index < -0.39 is 0 Å². The van der Waals surface area contributed by atoms with E-state index in [1.807, 2.05) is 23.6 Å². The van der Waals surface area contributed by atoms with Gasteiger partial charge in [0.15, 0.2) is 0 Å². The monoisotopic (exact) mass is 199 g/mol. The van der Waals surface area contributed by atoms with Gasteiger partial charge in [-0.25, -0.2) is 4.79 Å². The van der Waals surface area contributed by atoms with Gasteiger partial charge in [-0.3, -0.25) is 0 Å². The van der Waals surface area contributed by atoms with Crippen molar-refractivity contribution in [2.45, 2.75) is 32.7 Å². The Labute approximate surface area is 86.0 Å². The summed E-state index contributed by atoms with van der Waals surface area (Å²) in [7, 11) is 0. The van der Waals surface area contributed by atoms with Crippen LogP contribution in [0.5, 0.6) is 0 Å². The summed E-state index contributed by atoms with van der Waals surface area (Å²) < 4.78 is 0. The fourth-order valence-corrected chi connectivity index (χ4v) is 1.88. The van der Waals surface area contributed by atoms with Crippen LogP contribution in [0.4, 0.5) is 4.79 Å². The number of nitrogens with zero attached hydrogens (tertiary/aromatic N) is 2. The molecule has 2 amide bonds. The Bertz CT molecular complexity index is 192. The molecule has 1 heterocycles. The number of carbonyl (C=O) groups excluding carboxylic acids is 1. The van der Waals surface area contributed by atoms with E-state index in [1.165, 1.54) is 0 Å². The molecule has 0 aromatic carbocycles. The van der Waals surface area contributed by atoms with Crippen molar-refractivity contribution < 1.29 is 4.79 Å². The number of amides is 2. The zero-order chi connectivity index (χ0) is 10.6. The lowest BCUT2D eigenvalue weighted by molar-refractivity contribution is 0.143. The van der Waals surface area contributed by atoms with E-state index in [0.717, 1.165) is 39.0 Å². The predicted molar refractivity (Wildman–Crippen MR) is 57.1 cm³/mol. The Morgan fingerprint density at radius 3 is 2.64 bits per heavy atom. The number of hydrogen-bond acceptors (Lipinski definition) is 2. The molecule has 0 unspecified atom stereocenters. The number of likely N-dealkylation sites (tertiary alicyclic amines) is 1. The summed E-state index contributed by atoms with van der Waals surface area (Å²) in [5.74, 6) is 0. The molecule has 1 fully saturated rings. The number of hydrogen-bond donors (Lipinski definition) is 1. The number of carbonyl (C=O) groups is 1. The van der Waals surface area contributed by atoms with Crippen LogP contribution in [0.15, 0.2) is 0 Å². The Morgan fingerprint density at radius 1 is 1.50 bits per heavy atom. The molecule has 0 aromatic rings. The molecule has 1 aliphatic rings. The van der Waals surface area contributed by atoms with Gasteiger partial charge in [0.1, 0.15) is 0 Å². The SMILES string of the molecule is CCN(CC)C(=O)N1CCC[C@@H](N)C1. The van der Waals surface area contributed by atoms with Gasteiger partial charge >= 0.3 is 6.03 Å². The summed E-state index contributed by atoms with van der Waals surface area (Å²) in [5, 5.41) is 0. The van der Waals surface area contributed by atoms with Gasteiger partial charge in [-0.05, 0) is 26.7 Å².